The van der Waals surface area contributed by atoms with Crippen LogP contribution in [0.1, 0.15) is 28.4 Å². The van der Waals surface area contributed by atoms with E-state index in [1.165, 1.54) is 53.1 Å². The van der Waals surface area contributed by atoms with Crippen molar-refractivity contribution in [3.05, 3.63) is 65.2 Å². The summed E-state index contributed by atoms with van der Waals surface area (Å²) in [5.41, 5.74) is -0.903. The molecule has 1 aliphatic heterocycles. The third kappa shape index (κ3) is 7.15. The van der Waals surface area contributed by atoms with Crippen LogP contribution in [0.2, 0.25) is 0 Å². The van der Waals surface area contributed by atoms with Crippen LogP contribution >= 0.6 is 11.8 Å². The molecule has 3 rings (SSSR count). The number of hydrogen-bond donors (Lipinski definition) is 3. The SMILES string of the molecule is CCOC(=O)N1CSC[C@@H]1C(=O)N[C@@H](Cc1ccc(NC(=O)c2ccccc2C(F)(F)F)cc1)C(=O)O. The third-order valence-corrected chi connectivity index (χ3v) is 6.44. The molecule has 37 heavy (non-hydrogen) atoms. The molecule has 2 atom stereocenters. The Hall–Kier alpha value is -3.74. The average Bonchev–Trinajstić information content (AvgIpc) is 3.35. The highest BCUT2D eigenvalue weighted by atomic mass is 32.2. The Morgan fingerprint density at radius 2 is 1.81 bits per heavy atom. The van der Waals surface area contributed by atoms with Gasteiger partial charge in [-0.25, -0.2) is 9.59 Å². The maximum Gasteiger partial charge on any atom is 0.417 e. The Bertz CT molecular complexity index is 1160. The molecule has 9 nitrogen and oxygen atoms in total. The van der Waals surface area contributed by atoms with Gasteiger partial charge in [0.1, 0.15) is 12.1 Å². The predicted octanol–water partition coefficient (Wildman–Crippen LogP) is 3.60. The van der Waals surface area contributed by atoms with Gasteiger partial charge in [0.05, 0.1) is 23.6 Å². The fourth-order valence-electron chi connectivity index (χ4n) is 3.60. The van der Waals surface area contributed by atoms with Gasteiger partial charge >= 0.3 is 18.2 Å². The standard InChI is InChI=1S/C24H24F3N3O6S/c1-2-36-23(35)30-13-37-12-19(30)21(32)29-18(22(33)34)11-14-7-9-15(10-8-14)28-20(31)16-5-3-4-6-17(16)24(25,26)27/h3-10,18-19H,2,11-13H2,1H3,(H,28,31)(H,29,32)(H,33,34)/t18-,19+/m0/s1. The van der Waals surface area contributed by atoms with E-state index in [4.69, 9.17) is 4.74 Å². The van der Waals surface area contributed by atoms with Gasteiger partial charge in [-0.1, -0.05) is 24.3 Å². The van der Waals surface area contributed by atoms with E-state index in [-0.39, 0.29) is 24.6 Å². The normalized spacial score (nSPS) is 16.1. The monoisotopic (exact) mass is 539 g/mol. The average molecular weight is 540 g/mol. The van der Waals surface area contributed by atoms with Crippen molar-refractivity contribution >= 4 is 41.3 Å². The number of rotatable bonds is 8. The summed E-state index contributed by atoms with van der Waals surface area (Å²) in [4.78, 5) is 50.2. The number of aliphatic carboxylic acids is 1. The molecule has 198 valence electrons. The number of nitrogens with one attached hydrogen (secondary N) is 2. The van der Waals surface area contributed by atoms with E-state index in [9.17, 15) is 37.5 Å². The summed E-state index contributed by atoms with van der Waals surface area (Å²) in [6, 6.07) is 8.03. The first kappa shape index (κ1) is 27.8. The first-order chi connectivity index (χ1) is 17.5. The lowest BCUT2D eigenvalue weighted by Crippen LogP contribution is -2.52. The Kier molecular flexibility index (Phi) is 9.03. The van der Waals surface area contributed by atoms with Gasteiger partial charge in [0, 0.05) is 17.9 Å². The van der Waals surface area contributed by atoms with E-state index >= 15 is 0 Å². The van der Waals surface area contributed by atoms with Crippen LogP contribution in [0.3, 0.4) is 0 Å². The lowest BCUT2D eigenvalue weighted by atomic mass is 10.0. The van der Waals surface area contributed by atoms with E-state index in [1.54, 1.807) is 6.92 Å². The summed E-state index contributed by atoms with van der Waals surface area (Å²) in [6.07, 6.45) is -5.46. The molecule has 1 saturated heterocycles. The number of nitrogens with zero attached hydrogens (tertiary/aromatic N) is 1. The van der Waals surface area contributed by atoms with Gasteiger partial charge in [-0.2, -0.15) is 13.2 Å². The second kappa shape index (κ2) is 12.0. The quantitative estimate of drug-likeness (QED) is 0.468. The molecule has 2 aromatic carbocycles. The second-order valence-electron chi connectivity index (χ2n) is 7.98. The lowest BCUT2D eigenvalue weighted by Gasteiger charge is -2.24. The lowest BCUT2D eigenvalue weighted by molar-refractivity contribution is -0.142. The minimum Gasteiger partial charge on any atom is -0.480 e. The van der Waals surface area contributed by atoms with Crippen LogP contribution < -0.4 is 10.6 Å². The Morgan fingerprint density at radius 3 is 2.43 bits per heavy atom. The predicted molar refractivity (Wildman–Crippen MR) is 129 cm³/mol. The van der Waals surface area contributed by atoms with Gasteiger partial charge in [0.25, 0.3) is 5.91 Å². The number of carbonyl (C=O) groups is 4. The molecule has 0 unspecified atom stereocenters. The highest BCUT2D eigenvalue weighted by Crippen LogP contribution is 2.32. The first-order valence-corrected chi connectivity index (χ1v) is 12.3. The summed E-state index contributed by atoms with van der Waals surface area (Å²) < 4.78 is 44.5. The van der Waals surface area contributed by atoms with Crippen LogP contribution in [-0.4, -0.2) is 64.2 Å². The molecule has 0 saturated carbocycles. The number of hydrogen-bond acceptors (Lipinski definition) is 6. The molecule has 3 N–H and O–H groups in total. The number of carboxylic acid groups (broad SMARTS) is 1. The molecule has 13 heteroatoms. The van der Waals surface area contributed by atoms with Crippen LogP contribution in [0.5, 0.6) is 0 Å². The first-order valence-electron chi connectivity index (χ1n) is 11.1. The summed E-state index contributed by atoms with van der Waals surface area (Å²) >= 11 is 1.34. The van der Waals surface area contributed by atoms with E-state index in [2.05, 4.69) is 10.6 Å². The van der Waals surface area contributed by atoms with Crippen molar-refractivity contribution < 1.29 is 42.2 Å². The number of alkyl halides is 3. The van der Waals surface area contributed by atoms with Gasteiger partial charge in [0.15, 0.2) is 0 Å². The van der Waals surface area contributed by atoms with Gasteiger partial charge in [-0.15, -0.1) is 11.8 Å². The molecule has 3 amide bonds. The van der Waals surface area contributed by atoms with Crippen LogP contribution in [0.25, 0.3) is 0 Å². The van der Waals surface area contributed by atoms with Crippen LogP contribution in [-0.2, 0) is 26.9 Å². The number of benzene rings is 2. The molecular weight excluding hydrogens is 515 g/mol. The largest absolute Gasteiger partial charge is 0.480 e. The molecule has 0 aromatic heterocycles. The number of amides is 3. The maximum atomic E-state index is 13.2. The van der Waals surface area contributed by atoms with E-state index in [1.807, 2.05) is 0 Å². The summed E-state index contributed by atoms with van der Waals surface area (Å²) in [5, 5.41) is 14.4. The number of ether oxygens (including phenoxy) is 1. The molecule has 0 bridgehead atoms. The molecule has 0 spiro atoms. The zero-order chi connectivity index (χ0) is 27.2. The zero-order valence-electron chi connectivity index (χ0n) is 19.6. The summed E-state index contributed by atoms with van der Waals surface area (Å²) in [5.74, 6) is -2.32. The van der Waals surface area contributed by atoms with E-state index in [0.717, 1.165) is 12.1 Å². The fraction of sp³-hybridized carbons (Fsp3) is 0.333. The fourth-order valence-corrected chi connectivity index (χ4v) is 4.74. The number of anilines is 1. The van der Waals surface area contributed by atoms with Gasteiger partial charge < -0.3 is 20.5 Å². The number of carbonyl (C=O) groups excluding carboxylic acids is 3. The third-order valence-electron chi connectivity index (χ3n) is 5.43. The topological polar surface area (TPSA) is 125 Å². The number of thioether (sulfide) groups is 1. The zero-order valence-corrected chi connectivity index (χ0v) is 20.4. The highest BCUT2D eigenvalue weighted by Gasteiger charge is 2.37. The highest BCUT2D eigenvalue weighted by molar-refractivity contribution is 7.99. The van der Waals surface area contributed by atoms with Crippen molar-refractivity contribution in [3.63, 3.8) is 0 Å². The molecule has 2 aromatic rings. The molecule has 1 heterocycles. The smallest absolute Gasteiger partial charge is 0.417 e. The molecule has 1 fully saturated rings. The number of halogens is 3. The molecule has 1 aliphatic rings. The molecular formula is C24H24F3N3O6S. The summed E-state index contributed by atoms with van der Waals surface area (Å²) in [6.45, 7) is 1.77. The molecule has 0 aliphatic carbocycles. The van der Waals surface area contributed by atoms with Gasteiger partial charge in [-0.05, 0) is 36.8 Å². The van der Waals surface area contributed by atoms with Crippen LogP contribution in [0.15, 0.2) is 48.5 Å². The van der Waals surface area contributed by atoms with Crippen molar-refractivity contribution in [1.29, 1.82) is 0 Å². The van der Waals surface area contributed by atoms with Crippen molar-refractivity contribution in [1.82, 2.24) is 10.2 Å². The van der Waals surface area contributed by atoms with Crippen molar-refractivity contribution in [2.24, 2.45) is 0 Å². The van der Waals surface area contributed by atoms with Crippen molar-refractivity contribution in [2.75, 3.05) is 23.6 Å². The van der Waals surface area contributed by atoms with Crippen LogP contribution in [0.4, 0.5) is 23.7 Å². The second-order valence-corrected chi connectivity index (χ2v) is 8.98. The Balaban J connectivity index is 1.65. The molecule has 0 radical (unpaired) electrons. The Labute approximate surface area is 214 Å². The van der Waals surface area contributed by atoms with Crippen molar-refractivity contribution in [2.45, 2.75) is 31.6 Å². The van der Waals surface area contributed by atoms with Crippen LogP contribution in [0, 0.1) is 0 Å². The minimum absolute atomic E-state index is 0.106. The van der Waals surface area contributed by atoms with Crippen molar-refractivity contribution in [3.8, 4) is 0 Å². The van der Waals surface area contributed by atoms with Gasteiger partial charge in [-0.3, -0.25) is 14.5 Å². The minimum atomic E-state index is -4.70. The van der Waals surface area contributed by atoms with E-state index < -0.39 is 53.3 Å². The van der Waals surface area contributed by atoms with Gasteiger partial charge in [0.2, 0.25) is 5.91 Å². The Morgan fingerprint density at radius 1 is 1.14 bits per heavy atom. The summed E-state index contributed by atoms with van der Waals surface area (Å²) in [7, 11) is 0. The number of carboxylic acids is 1. The maximum absolute atomic E-state index is 13.2. The van der Waals surface area contributed by atoms with E-state index in [0.29, 0.717) is 11.3 Å².